The smallest absolute Gasteiger partial charge is 0.271 e. The van der Waals surface area contributed by atoms with Crippen LogP contribution >= 0.6 is 11.3 Å². The molecule has 7 heteroatoms. The van der Waals surface area contributed by atoms with Gasteiger partial charge in [-0.25, -0.2) is 9.37 Å². The van der Waals surface area contributed by atoms with Crippen LogP contribution in [0.4, 0.5) is 4.39 Å². The van der Waals surface area contributed by atoms with Gasteiger partial charge in [-0.15, -0.1) is 11.3 Å². The number of rotatable bonds is 3. The van der Waals surface area contributed by atoms with Crippen molar-refractivity contribution in [3.8, 4) is 11.1 Å². The second-order valence-electron chi connectivity index (χ2n) is 4.48. The van der Waals surface area contributed by atoms with Gasteiger partial charge in [-0.1, -0.05) is 12.1 Å². The van der Waals surface area contributed by atoms with E-state index in [0.29, 0.717) is 10.2 Å². The summed E-state index contributed by atoms with van der Waals surface area (Å²) in [6, 6.07) is 5.97. The summed E-state index contributed by atoms with van der Waals surface area (Å²) < 4.78 is 14.6. The van der Waals surface area contributed by atoms with Crippen LogP contribution < -0.4 is 11.3 Å². The number of nitrogens with two attached hydrogens (primary N) is 1. The predicted molar refractivity (Wildman–Crippen MR) is 78.5 cm³/mol. The van der Waals surface area contributed by atoms with Crippen molar-refractivity contribution >= 4 is 27.5 Å². The van der Waals surface area contributed by atoms with E-state index in [1.165, 1.54) is 34.4 Å². The Hall–Kier alpha value is -2.54. The number of halogens is 1. The number of carbonyl (C=O) groups is 1. The van der Waals surface area contributed by atoms with Gasteiger partial charge in [-0.3, -0.25) is 14.2 Å². The molecule has 21 heavy (non-hydrogen) atoms. The molecular weight excluding hydrogens is 293 g/mol. The third kappa shape index (κ3) is 2.43. The molecule has 0 spiro atoms. The average molecular weight is 303 g/mol. The molecule has 0 saturated heterocycles. The highest BCUT2D eigenvalue weighted by Gasteiger charge is 2.13. The molecule has 1 aromatic carbocycles. The monoisotopic (exact) mass is 303 g/mol. The zero-order chi connectivity index (χ0) is 15.0. The lowest BCUT2D eigenvalue weighted by molar-refractivity contribution is -0.118. The molecule has 2 heterocycles. The van der Waals surface area contributed by atoms with Crippen molar-refractivity contribution in [3.05, 3.63) is 52.1 Å². The minimum atomic E-state index is -0.603. The minimum absolute atomic E-state index is 0.203. The van der Waals surface area contributed by atoms with Crippen molar-refractivity contribution in [2.45, 2.75) is 6.54 Å². The molecule has 5 nitrogen and oxygen atoms in total. The predicted octanol–water partition coefficient (Wildman–Crippen LogP) is 1.75. The van der Waals surface area contributed by atoms with E-state index in [2.05, 4.69) is 4.98 Å². The Bertz CT molecular complexity index is 883. The van der Waals surface area contributed by atoms with E-state index in [1.807, 2.05) is 0 Å². The third-order valence-corrected chi connectivity index (χ3v) is 3.98. The molecule has 0 saturated carbocycles. The summed E-state index contributed by atoms with van der Waals surface area (Å²) in [4.78, 5) is 27.4. The molecule has 3 rings (SSSR count). The normalized spacial score (nSPS) is 10.9. The van der Waals surface area contributed by atoms with Crippen LogP contribution in [0.5, 0.6) is 0 Å². The lowest BCUT2D eigenvalue weighted by atomic mass is 10.1. The maximum absolute atomic E-state index is 13.0. The third-order valence-electron chi connectivity index (χ3n) is 3.03. The van der Waals surface area contributed by atoms with Crippen molar-refractivity contribution in [2.75, 3.05) is 0 Å². The van der Waals surface area contributed by atoms with Gasteiger partial charge in [0.1, 0.15) is 17.1 Å². The Morgan fingerprint density at radius 1 is 1.33 bits per heavy atom. The van der Waals surface area contributed by atoms with E-state index in [9.17, 15) is 14.0 Å². The first-order valence-electron chi connectivity index (χ1n) is 6.07. The summed E-state index contributed by atoms with van der Waals surface area (Å²) in [5.74, 6) is -0.927. The molecule has 0 aliphatic heterocycles. The van der Waals surface area contributed by atoms with E-state index in [0.717, 1.165) is 11.1 Å². The molecule has 2 aromatic heterocycles. The Labute approximate surface area is 122 Å². The van der Waals surface area contributed by atoms with Crippen LogP contribution in [0.15, 0.2) is 40.8 Å². The van der Waals surface area contributed by atoms with Crippen LogP contribution in [0.3, 0.4) is 0 Å². The van der Waals surface area contributed by atoms with E-state index in [-0.39, 0.29) is 17.9 Å². The zero-order valence-electron chi connectivity index (χ0n) is 10.7. The van der Waals surface area contributed by atoms with Crippen molar-refractivity contribution in [2.24, 2.45) is 5.73 Å². The zero-order valence-corrected chi connectivity index (χ0v) is 11.6. The lowest BCUT2D eigenvalue weighted by Crippen LogP contribution is -2.27. The summed E-state index contributed by atoms with van der Waals surface area (Å²) in [7, 11) is 0. The van der Waals surface area contributed by atoms with E-state index in [4.69, 9.17) is 5.73 Å². The molecule has 2 N–H and O–H groups in total. The number of primary amides is 1. The quantitative estimate of drug-likeness (QED) is 0.800. The molecule has 0 radical (unpaired) electrons. The van der Waals surface area contributed by atoms with Gasteiger partial charge in [0.25, 0.3) is 5.56 Å². The van der Waals surface area contributed by atoms with Crippen LogP contribution in [-0.4, -0.2) is 15.5 Å². The molecule has 0 bridgehead atoms. The van der Waals surface area contributed by atoms with Gasteiger partial charge < -0.3 is 5.73 Å². The standard InChI is InChI=1S/C14H10FN3O2S/c15-9-3-1-8(2-4-9)10-6-21-13-12(10)17-7-18(14(13)20)5-11(16)19/h1-4,6-7H,5H2,(H2,16,19). The Morgan fingerprint density at radius 2 is 2.05 bits per heavy atom. The number of carbonyl (C=O) groups excluding carboxylic acids is 1. The largest absolute Gasteiger partial charge is 0.368 e. The number of benzene rings is 1. The lowest BCUT2D eigenvalue weighted by Gasteiger charge is -2.03. The van der Waals surface area contributed by atoms with Gasteiger partial charge in [-0.05, 0) is 17.7 Å². The maximum atomic E-state index is 13.0. The second kappa shape index (κ2) is 5.10. The van der Waals surface area contributed by atoms with Crippen LogP contribution in [-0.2, 0) is 11.3 Å². The summed E-state index contributed by atoms with van der Waals surface area (Å²) in [6.45, 7) is -0.203. The fraction of sp³-hybridized carbons (Fsp3) is 0.0714. The fourth-order valence-electron chi connectivity index (χ4n) is 2.06. The molecule has 106 valence electrons. The second-order valence-corrected chi connectivity index (χ2v) is 5.36. The maximum Gasteiger partial charge on any atom is 0.271 e. The van der Waals surface area contributed by atoms with Gasteiger partial charge in [-0.2, -0.15) is 0 Å². The molecule has 0 fully saturated rings. The molecule has 1 amide bonds. The van der Waals surface area contributed by atoms with Gasteiger partial charge in [0.2, 0.25) is 5.91 Å². The topological polar surface area (TPSA) is 78.0 Å². The highest BCUT2D eigenvalue weighted by atomic mass is 32.1. The molecule has 3 aromatic rings. The first-order valence-corrected chi connectivity index (χ1v) is 6.95. The molecule has 0 unspecified atom stereocenters. The van der Waals surface area contributed by atoms with Crippen molar-refractivity contribution in [1.82, 2.24) is 9.55 Å². The van der Waals surface area contributed by atoms with Gasteiger partial charge in [0, 0.05) is 10.9 Å². The fourth-order valence-corrected chi connectivity index (χ4v) is 3.03. The Balaban J connectivity index is 2.15. The van der Waals surface area contributed by atoms with Gasteiger partial charge in [0.15, 0.2) is 0 Å². The number of hydrogen-bond donors (Lipinski definition) is 1. The van der Waals surface area contributed by atoms with Crippen molar-refractivity contribution < 1.29 is 9.18 Å². The van der Waals surface area contributed by atoms with Crippen molar-refractivity contribution in [3.63, 3.8) is 0 Å². The highest BCUT2D eigenvalue weighted by Crippen LogP contribution is 2.30. The Morgan fingerprint density at radius 3 is 2.71 bits per heavy atom. The minimum Gasteiger partial charge on any atom is -0.368 e. The van der Waals surface area contributed by atoms with Crippen LogP contribution in [0, 0.1) is 5.82 Å². The summed E-state index contributed by atoms with van der Waals surface area (Å²) in [5, 5.41) is 1.79. The molecule has 0 aliphatic rings. The SMILES string of the molecule is NC(=O)Cn1cnc2c(-c3ccc(F)cc3)csc2c1=O. The highest BCUT2D eigenvalue weighted by molar-refractivity contribution is 7.17. The molecule has 0 aliphatic carbocycles. The number of nitrogens with zero attached hydrogens (tertiary/aromatic N) is 2. The van der Waals surface area contributed by atoms with Crippen LogP contribution in [0.2, 0.25) is 0 Å². The number of fused-ring (bicyclic) bond motifs is 1. The van der Waals surface area contributed by atoms with Crippen molar-refractivity contribution in [1.29, 1.82) is 0 Å². The number of thiophene rings is 1. The number of hydrogen-bond acceptors (Lipinski definition) is 4. The number of aromatic nitrogens is 2. The summed E-state index contributed by atoms with van der Waals surface area (Å²) in [5.41, 5.74) is 6.86. The van der Waals surface area contributed by atoms with Crippen LogP contribution in [0.1, 0.15) is 0 Å². The number of amides is 1. The first kappa shape index (κ1) is 13.4. The average Bonchev–Trinajstić information content (AvgIpc) is 2.87. The van der Waals surface area contributed by atoms with Gasteiger partial charge >= 0.3 is 0 Å². The van der Waals surface area contributed by atoms with E-state index < -0.39 is 5.91 Å². The summed E-state index contributed by atoms with van der Waals surface area (Å²) >= 11 is 1.24. The first-order chi connectivity index (χ1) is 10.1. The van der Waals surface area contributed by atoms with Gasteiger partial charge in [0.05, 0.1) is 11.8 Å². The van der Waals surface area contributed by atoms with E-state index >= 15 is 0 Å². The summed E-state index contributed by atoms with van der Waals surface area (Å²) in [6.07, 6.45) is 1.30. The van der Waals surface area contributed by atoms with Crippen LogP contribution in [0.25, 0.3) is 21.3 Å². The Kier molecular flexibility index (Phi) is 3.26. The molecule has 0 atom stereocenters. The van der Waals surface area contributed by atoms with E-state index in [1.54, 1.807) is 17.5 Å². The molecular formula is C14H10FN3O2S.